The van der Waals surface area contributed by atoms with Crippen LogP contribution < -0.4 is 10.1 Å². The SMILES string of the molecule is CNC(=O)C(C)n1cc(C)sc1=NC(=O)c1ccccc1Cl. The van der Waals surface area contributed by atoms with Gasteiger partial charge >= 0.3 is 0 Å². The summed E-state index contributed by atoms with van der Waals surface area (Å²) >= 11 is 7.37. The second-order valence-corrected chi connectivity index (χ2v) is 6.34. The van der Waals surface area contributed by atoms with E-state index in [-0.39, 0.29) is 5.91 Å². The van der Waals surface area contributed by atoms with E-state index in [1.165, 1.54) is 11.3 Å². The Bertz CT molecular complexity index is 779. The number of hydrogen-bond donors (Lipinski definition) is 1. The van der Waals surface area contributed by atoms with Gasteiger partial charge in [0.15, 0.2) is 4.80 Å². The number of amides is 2. The lowest BCUT2D eigenvalue weighted by atomic mass is 10.2. The van der Waals surface area contributed by atoms with Crippen LogP contribution in [0.25, 0.3) is 0 Å². The molecule has 1 N–H and O–H groups in total. The fourth-order valence-electron chi connectivity index (χ4n) is 1.95. The van der Waals surface area contributed by atoms with Crippen LogP contribution in [-0.4, -0.2) is 23.4 Å². The predicted octanol–water partition coefficient (Wildman–Crippen LogP) is 2.56. The van der Waals surface area contributed by atoms with Crippen molar-refractivity contribution in [3.05, 3.63) is 50.7 Å². The molecule has 2 rings (SSSR count). The first-order valence-electron chi connectivity index (χ1n) is 6.67. The van der Waals surface area contributed by atoms with Gasteiger partial charge in [0.25, 0.3) is 5.91 Å². The van der Waals surface area contributed by atoms with E-state index in [0.29, 0.717) is 15.4 Å². The Balaban J connectivity index is 2.47. The number of thiazole rings is 1. The number of aryl methyl sites for hydroxylation is 1. The largest absolute Gasteiger partial charge is 0.357 e. The molecule has 0 saturated carbocycles. The highest BCUT2D eigenvalue weighted by atomic mass is 35.5. The molecule has 0 aliphatic carbocycles. The summed E-state index contributed by atoms with van der Waals surface area (Å²) in [5, 5.41) is 2.95. The van der Waals surface area contributed by atoms with E-state index in [1.807, 2.05) is 13.1 Å². The number of rotatable bonds is 3. The molecule has 0 bridgehead atoms. The molecule has 22 heavy (non-hydrogen) atoms. The molecule has 0 radical (unpaired) electrons. The Morgan fingerprint density at radius 3 is 2.68 bits per heavy atom. The number of benzene rings is 1. The van der Waals surface area contributed by atoms with Crippen LogP contribution in [0.4, 0.5) is 0 Å². The smallest absolute Gasteiger partial charge is 0.281 e. The van der Waals surface area contributed by atoms with E-state index < -0.39 is 11.9 Å². The van der Waals surface area contributed by atoms with Crippen molar-refractivity contribution in [3.63, 3.8) is 0 Å². The van der Waals surface area contributed by atoms with Gasteiger partial charge in [-0.25, -0.2) is 0 Å². The zero-order chi connectivity index (χ0) is 16.3. The van der Waals surface area contributed by atoms with Crippen LogP contribution in [0.2, 0.25) is 5.02 Å². The predicted molar refractivity (Wildman–Crippen MR) is 87.2 cm³/mol. The lowest BCUT2D eigenvalue weighted by molar-refractivity contribution is -0.123. The normalized spacial score (nSPS) is 13.0. The molecule has 2 aromatic rings. The minimum Gasteiger partial charge on any atom is -0.357 e. The van der Waals surface area contributed by atoms with Crippen molar-refractivity contribution in [2.24, 2.45) is 4.99 Å². The van der Waals surface area contributed by atoms with Gasteiger partial charge in [-0.05, 0) is 26.0 Å². The van der Waals surface area contributed by atoms with Crippen LogP contribution >= 0.6 is 22.9 Å². The fraction of sp³-hybridized carbons (Fsp3) is 0.267. The summed E-state index contributed by atoms with van der Waals surface area (Å²) in [5.41, 5.74) is 0.342. The third-order valence-electron chi connectivity index (χ3n) is 3.14. The third kappa shape index (κ3) is 3.45. The lowest BCUT2D eigenvalue weighted by Gasteiger charge is -2.11. The summed E-state index contributed by atoms with van der Waals surface area (Å²) in [6.45, 7) is 3.65. The molecule has 0 spiro atoms. The van der Waals surface area contributed by atoms with Crippen molar-refractivity contribution in [1.29, 1.82) is 0 Å². The maximum absolute atomic E-state index is 12.3. The summed E-state index contributed by atoms with van der Waals surface area (Å²) in [6, 6.07) is 6.30. The number of carbonyl (C=O) groups is 2. The highest BCUT2D eigenvalue weighted by molar-refractivity contribution is 7.09. The van der Waals surface area contributed by atoms with Gasteiger partial charge in [0, 0.05) is 18.1 Å². The fourth-order valence-corrected chi connectivity index (χ4v) is 3.06. The maximum atomic E-state index is 12.3. The number of nitrogens with one attached hydrogen (secondary N) is 1. The van der Waals surface area contributed by atoms with E-state index in [4.69, 9.17) is 11.6 Å². The van der Waals surface area contributed by atoms with Gasteiger partial charge in [0.2, 0.25) is 5.91 Å². The van der Waals surface area contributed by atoms with Crippen LogP contribution in [0.5, 0.6) is 0 Å². The Morgan fingerprint density at radius 2 is 2.05 bits per heavy atom. The number of likely N-dealkylation sites (N-methyl/N-ethyl adjacent to an activating group) is 1. The monoisotopic (exact) mass is 337 g/mol. The van der Waals surface area contributed by atoms with Gasteiger partial charge in [-0.1, -0.05) is 23.7 Å². The summed E-state index contributed by atoms with van der Waals surface area (Å²) in [4.78, 5) is 29.7. The number of hydrogen-bond acceptors (Lipinski definition) is 3. The van der Waals surface area contributed by atoms with E-state index in [2.05, 4.69) is 10.3 Å². The second kappa shape index (κ2) is 6.89. The van der Waals surface area contributed by atoms with E-state index >= 15 is 0 Å². The van der Waals surface area contributed by atoms with Crippen molar-refractivity contribution in [2.45, 2.75) is 19.9 Å². The average Bonchev–Trinajstić information content (AvgIpc) is 2.86. The van der Waals surface area contributed by atoms with Crippen LogP contribution in [0, 0.1) is 6.92 Å². The Hall–Kier alpha value is -1.92. The molecule has 0 aliphatic rings. The molecule has 116 valence electrons. The van der Waals surface area contributed by atoms with Gasteiger partial charge in [-0.2, -0.15) is 4.99 Å². The average molecular weight is 338 g/mol. The van der Waals surface area contributed by atoms with Gasteiger partial charge < -0.3 is 9.88 Å². The summed E-state index contributed by atoms with van der Waals surface area (Å²) in [7, 11) is 1.57. The standard InChI is InChI=1S/C15H16ClN3O2S/c1-9-8-19(10(2)13(20)17-3)15(22-9)18-14(21)11-6-4-5-7-12(11)16/h4-8,10H,1-3H3,(H,17,20). The third-order valence-corrected chi connectivity index (χ3v) is 4.38. The van der Waals surface area contributed by atoms with Crippen molar-refractivity contribution in [2.75, 3.05) is 7.05 Å². The van der Waals surface area contributed by atoms with Crippen LogP contribution in [0.3, 0.4) is 0 Å². The van der Waals surface area contributed by atoms with Gasteiger partial charge in [-0.3, -0.25) is 9.59 Å². The Kier molecular flexibility index (Phi) is 5.15. The zero-order valence-corrected chi connectivity index (χ0v) is 14.0. The number of halogens is 1. The number of carbonyl (C=O) groups excluding carboxylic acids is 2. The molecule has 1 atom stereocenters. The lowest BCUT2D eigenvalue weighted by Crippen LogP contribution is -2.32. The molecule has 2 amide bonds. The molecule has 0 saturated heterocycles. The van der Waals surface area contributed by atoms with Gasteiger partial charge in [-0.15, -0.1) is 11.3 Å². The number of aromatic nitrogens is 1. The van der Waals surface area contributed by atoms with Crippen LogP contribution in [-0.2, 0) is 4.79 Å². The highest BCUT2D eigenvalue weighted by Crippen LogP contribution is 2.16. The molecular weight excluding hydrogens is 322 g/mol. The minimum absolute atomic E-state index is 0.149. The van der Waals surface area contributed by atoms with Crippen LogP contribution in [0.15, 0.2) is 35.5 Å². The molecule has 0 fully saturated rings. The zero-order valence-electron chi connectivity index (χ0n) is 12.5. The van der Waals surface area contributed by atoms with Crippen molar-refractivity contribution >= 4 is 34.8 Å². The molecule has 7 heteroatoms. The first kappa shape index (κ1) is 16.5. The topological polar surface area (TPSA) is 63.5 Å². The molecular formula is C15H16ClN3O2S. The molecule has 1 aromatic heterocycles. The van der Waals surface area contributed by atoms with Crippen molar-refractivity contribution < 1.29 is 9.59 Å². The van der Waals surface area contributed by atoms with E-state index in [9.17, 15) is 9.59 Å². The van der Waals surface area contributed by atoms with Gasteiger partial charge in [0.05, 0.1) is 10.6 Å². The quantitative estimate of drug-likeness (QED) is 0.935. The number of nitrogens with zero attached hydrogens (tertiary/aromatic N) is 2. The van der Waals surface area contributed by atoms with E-state index in [0.717, 1.165) is 4.88 Å². The first-order valence-corrected chi connectivity index (χ1v) is 7.87. The molecule has 0 aliphatic heterocycles. The maximum Gasteiger partial charge on any atom is 0.281 e. The van der Waals surface area contributed by atoms with Crippen molar-refractivity contribution in [3.8, 4) is 0 Å². The summed E-state index contributed by atoms with van der Waals surface area (Å²) < 4.78 is 1.69. The van der Waals surface area contributed by atoms with Crippen molar-refractivity contribution in [1.82, 2.24) is 9.88 Å². The van der Waals surface area contributed by atoms with Crippen LogP contribution in [0.1, 0.15) is 28.2 Å². The molecule has 5 nitrogen and oxygen atoms in total. The highest BCUT2D eigenvalue weighted by Gasteiger charge is 2.16. The van der Waals surface area contributed by atoms with E-state index in [1.54, 1.807) is 42.8 Å². The minimum atomic E-state index is -0.451. The Morgan fingerprint density at radius 1 is 1.36 bits per heavy atom. The van der Waals surface area contributed by atoms with Gasteiger partial charge in [0.1, 0.15) is 6.04 Å². The summed E-state index contributed by atoms with van der Waals surface area (Å²) in [5.74, 6) is -0.574. The summed E-state index contributed by atoms with van der Waals surface area (Å²) in [6.07, 6.45) is 1.81. The Labute approximate surface area is 137 Å². The first-order chi connectivity index (χ1) is 10.4. The second-order valence-electron chi connectivity index (χ2n) is 4.72. The molecule has 1 unspecified atom stereocenters. The molecule has 1 heterocycles. The molecule has 1 aromatic carbocycles.